The monoisotopic (exact) mass is 343 g/mol. The maximum absolute atomic E-state index is 12.7. The molecular formula is C18H21N3O4. The summed E-state index contributed by atoms with van der Waals surface area (Å²) in [6.45, 7) is 1.94. The Balaban J connectivity index is 1.41. The Morgan fingerprint density at radius 1 is 1.12 bits per heavy atom. The van der Waals surface area contributed by atoms with E-state index < -0.39 is 12.0 Å². The number of carbonyl (C=O) groups is 2. The molecule has 7 heteroatoms. The number of rotatable bonds is 3. The number of aliphatic carboxylic acids is 1. The molecule has 1 atom stereocenters. The number of hydrogen-bond donors (Lipinski definition) is 1. The Morgan fingerprint density at radius 2 is 1.88 bits per heavy atom. The van der Waals surface area contributed by atoms with E-state index in [0.717, 1.165) is 17.5 Å². The summed E-state index contributed by atoms with van der Waals surface area (Å²) in [6, 6.07) is 7.59. The van der Waals surface area contributed by atoms with Crippen LogP contribution in [0, 0.1) is 5.92 Å². The molecule has 2 fully saturated rings. The lowest BCUT2D eigenvalue weighted by Crippen LogP contribution is -2.46. The van der Waals surface area contributed by atoms with Gasteiger partial charge in [0.25, 0.3) is 6.01 Å². The van der Waals surface area contributed by atoms with Crippen LogP contribution in [0.3, 0.4) is 0 Å². The molecule has 1 aromatic heterocycles. The zero-order chi connectivity index (χ0) is 17.4. The molecule has 2 aromatic rings. The molecule has 0 spiro atoms. The van der Waals surface area contributed by atoms with E-state index >= 15 is 0 Å². The minimum absolute atomic E-state index is 0.0119. The molecule has 0 saturated carbocycles. The molecule has 1 N–H and O–H groups in total. The van der Waals surface area contributed by atoms with Crippen LogP contribution in [-0.4, -0.2) is 52.5 Å². The fourth-order valence-corrected chi connectivity index (χ4v) is 3.83. The third-order valence-corrected chi connectivity index (χ3v) is 5.22. The number of carboxylic acid groups (broad SMARTS) is 1. The van der Waals surface area contributed by atoms with Crippen LogP contribution in [0.2, 0.25) is 0 Å². The van der Waals surface area contributed by atoms with Crippen molar-refractivity contribution in [2.45, 2.75) is 31.7 Å². The van der Waals surface area contributed by atoms with Gasteiger partial charge in [0.1, 0.15) is 11.6 Å². The van der Waals surface area contributed by atoms with Gasteiger partial charge < -0.3 is 19.3 Å². The summed E-state index contributed by atoms with van der Waals surface area (Å²) in [6.07, 6.45) is 2.72. The number of likely N-dealkylation sites (tertiary alicyclic amines) is 1. The Morgan fingerprint density at radius 3 is 2.60 bits per heavy atom. The number of anilines is 1. The van der Waals surface area contributed by atoms with Crippen molar-refractivity contribution in [1.29, 1.82) is 0 Å². The maximum Gasteiger partial charge on any atom is 0.326 e. The molecule has 1 aromatic carbocycles. The molecule has 7 nitrogen and oxygen atoms in total. The van der Waals surface area contributed by atoms with Crippen molar-refractivity contribution < 1.29 is 19.1 Å². The minimum atomic E-state index is -0.894. The highest BCUT2D eigenvalue weighted by atomic mass is 16.4. The summed E-state index contributed by atoms with van der Waals surface area (Å²) in [5.74, 6) is -1.02. The number of para-hydroxylation sites is 2. The standard InChI is InChI=1S/C18H21N3O4/c22-16(21-9-3-5-14(21)17(23)24)12-7-10-20(11-8-12)18-19-13-4-1-2-6-15(13)25-18/h1-2,4,6,12,14H,3,5,7-11H2,(H,23,24)/t14-/m0/s1. The predicted octanol–water partition coefficient (Wildman–Crippen LogP) is 2.12. The van der Waals surface area contributed by atoms with Gasteiger partial charge in [0.2, 0.25) is 5.91 Å². The number of oxazole rings is 1. The quantitative estimate of drug-likeness (QED) is 0.918. The Bertz CT molecular complexity index is 761. The lowest BCUT2D eigenvalue weighted by Gasteiger charge is -2.33. The molecule has 2 aliphatic heterocycles. The van der Waals surface area contributed by atoms with Crippen LogP contribution in [0.15, 0.2) is 28.7 Å². The fraction of sp³-hybridized carbons (Fsp3) is 0.500. The van der Waals surface area contributed by atoms with Crippen molar-refractivity contribution >= 4 is 29.0 Å². The molecule has 25 heavy (non-hydrogen) atoms. The van der Waals surface area contributed by atoms with E-state index in [-0.39, 0.29) is 11.8 Å². The molecule has 3 heterocycles. The van der Waals surface area contributed by atoms with Crippen molar-refractivity contribution in [3.8, 4) is 0 Å². The third kappa shape index (κ3) is 2.94. The normalized spacial score (nSPS) is 21.8. The summed E-state index contributed by atoms with van der Waals surface area (Å²) >= 11 is 0. The van der Waals surface area contributed by atoms with Crippen molar-refractivity contribution in [2.24, 2.45) is 5.92 Å². The first-order valence-electron chi connectivity index (χ1n) is 8.77. The Labute approximate surface area is 145 Å². The molecule has 0 aliphatic carbocycles. The van der Waals surface area contributed by atoms with E-state index in [4.69, 9.17) is 4.42 Å². The predicted molar refractivity (Wildman–Crippen MR) is 91.3 cm³/mol. The van der Waals surface area contributed by atoms with Gasteiger partial charge in [-0.05, 0) is 37.8 Å². The first-order chi connectivity index (χ1) is 12.1. The average molecular weight is 343 g/mol. The van der Waals surface area contributed by atoms with Crippen molar-refractivity contribution in [2.75, 3.05) is 24.5 Å². The summed E-state index contributed by atoms with van der Waals surface area (Å²) < 4.78 is 5.79. The second-order valence-corrected chi connectivity index (χ2v) is 6.75. The van der Waals surface area contributed by atoms with Crippen LogP contribution in [-0.2, 0) is 9.59 Å². The van der Waals surface area contributed by atoms with Gasteiger partial charge >= 0.3 is 5.97 Å². The number of benzene rings is 1. The van der Waals surface area contributed by atoms with Gasteiger partial charge in [0, 0.05) is 25.6 Å². The van der Waals surface area contributed by atoms with E-state index in [1.165, 1.54) is 0 Å². The second kappa shape index (κ2) is 6.38. The zero-order valence-electron chi connectivity index (χ0n) is 13.9. The summed E-state index contributed by atoms with van der Waals surface area (Å²) in [7, 11) is 0. The lowest BCUT2D eigenvalue weighted by atomic mass is 9.95. The lowest BCUT2D eigenvalue weighted by molar-refractivity contribution is -0.150. The van der Waals surface area contributed by atoms with Crippen LogP contribution in [0.25, 0.3) is 11.1 Å². The first kappa shape index (κ1) is 15.9. The fourth-order valence-electron chi connectivity index (χ4n) is 3.83. The highest BCUT2D eigenvalue weighted by molar-refractivity contribution is 5.86. The van der Waals surface area contributed by atoms with Crippen molar-refractivity contribution in [3.05, 3.63) is 24.3 Å². The number of fused-ring (bicyclic) bond motifs is 1. The SMILES string of the molecule is O=C(O)[C@@H]1CCCN1C(=O)C1CCN(c2nc3ccccc3o2)CC1. The highest BCUT2D eigenvalue weighted by Crippen LogP contribution is 2.29. The number of carboxylic acids is 1. The smallest absolute Gasteiger partial charge is 0.326 e. The van der Waals surface area contributed by atoms with E-state index in [2.05, 4.69) is 9.88 Å². The first-order valence-corrected chi connectivity index (χ1v) is 8.77. The van der Waals surface area contributed by atoms with Gasteiger partial charge in [0.05, 0.1) is 0 Å². The molecule has 4 rings (SSSR count). The van der Waals surface area contributed by atoms with Crippen molar-refractivity contribution in [3.63, 3.8) is 0 Å². The molecular weight excluding hydrogens is 322 g/mol. The van der Waals surface area contributed by atoms with Crippen molar-refractivity contribution in [1.82, 2.24) is 9.88 Å². The van der Waals surface area contributed by atoms with Crippen LogP contribution in [0.1, 0.15) is 25.7 Å². The number of aromatic nitrogens is 1. The van der Waals surface area contributed by atoms with Crippen LogP contribution < -0.4 is 4.90 Å². The van der Waals surface area contributed by atoms with Crippen LogP contribution in [0.5, 0.6) is 0 Å². The Hall–Kier alpha value is -2.57. The van der Waals surface area contributed by atoms with Crippen LogP contribution in [0.4, 0.5) is 6.01 Å². The number of amides is 1. The van der Waals surface area contributed by atoms with Gasteiger partial charge in [-0.15, -0.1) is 0 Å². The van der Waals surface area contributed by atoms with Gasteiger partial charge in [-0.25, -0.2) is 4.79 Å². The largest absolute Gasteiger partial charge is 0.480 e. The highest BCUT2D eigenvalue weighted by Gasteiger charge is 2.38. The second-order valence-electron chi connectivity index (χ2n) is 6.75. The zero-order valence-corrected chi connectivity index (χ0v) is 13.9. The Kier molecular flexibility index (Phi) is 4.07. The van der Waals surface area contributed by atoms with E-state index in [1.807, 2.05) is 24.3 Å². The molecule has 0 unspecified atom stereocenters. The van der Waals surface area contributed by atoms with E-state index in [9.17, 15) is 14.7 Å². The van der Waals surface area contributed by atoms with Crippen LogP contribution >= 0.6 is 0 Å². The number of hydrogen-bond acceptors (Lipinski definition) is 5. The maximum atomic E-state index is 12.7. The average Bonchev–Trinajstić information content (AvgIpc) is 3.28. The van der Waals surface area contributed by atoms with E-state index in [0.29, 0.717) is 44.9 Å². The molecule has 0 radical (unpaired) electrons. The molecule has 132 valence electrons. The molecule has 1 amide bonds. The van der Waals surface area contributed by atoms with Gasteiger partial charge in [-0.1, -0.05) is 12.1 Å². The molecule has 0 bridgehead atoms. The number of carbonyl (C=O) groups excluding carboxylic acids is 1. The van der Waals surface area contributed by atoms with E-state index in [1.54, 1.807) is 4.90 Å². The summed E-state index contributed by atoms with van der Waals surface area (Å²) in [4.78, 5) is 32.1. The van der Waals surface area contributed by atoms with Gasteiger partial charge in [-0.3, -0.25) is 4.79 Å². The van der Waals surface area contributed by atoms with Gasteiger partial charge in [0.15, 0.2) is 5.58 Å². The summed E-state index contributed by atoms with van der Waals surface area (Å²) in [5, 5.41) is 9.27. The topological polar surface area (TPSA) is 86.9 Å². The van der Waals surface area contributed by atoms with Gasteiger partial charge in [-0.2, -0.15) is 4.98 Å². The number of piperidine rings is 1. The molecule has 2 aliphatic rings. The minimum Gasteiger partial charge on any atom is -0.480 e. The summed E-state index contributed by atoms with van der Waals surface area (Å²) in [5.41, 5.74) is 1.59. The number of nitrogens with zero attached hydrogens (tertiary/aromatic N) is 3. The molecule has 2 saturated heterocycles. The third-order valence-electron chi connectivity index (χ3n) is 5.22.